The maximum atomic E-state index is 12.9. The molecular weight excluding hydrogens is 390 g/mol. The summed E-state index contributed by atoms with van der Waals surface area (Å²) in [5, 5.41) is 5.76. The second-order valence-corrected chi connectivity index (χ2v) is 6.81. The topological polar surface area (TPSA) is 86.0 Å². The van der Waals surface area contributed by atoms with E-state index in [1.54, 1.807) is 50.1 Å². The summed E-state index contributed by atoms with van der Waals surface area (Å²) < 4.78 is 16.8. The molecule has 8 heteroatoms. The lowest BCUT2D eigenvalue weighted by atomic mass is 10.1. The van der Waals surface area contributed by atoms with Crippen LogP contribution in [0.5, 0.6) is 11.5 Å². The number of aromatic nitrogens is 1. The highest BCUT2D eigenvalue weighted by molar-refractivity contribution is 7.13. The number of para-hydroxylation sites is 3. The lowest BCUT2D eigenvalue weighted by Gasteiger charge is -2.08. The van der Waals surface area contributed by atoms with Crippen molar-refractivity contribution >= 4 is 39.0 Å². The van der Waals surface area contributed by atoms with E-state index < -0.39 is 0 Å². The number of hydrogen-bond donors (Lipinski definition) is 1. The normalized spacial score (nSPS) is 11.4. The van der Waals surface area contributed by atoms with Crippen molar-refractivity contribution in [3.8, 4) is 11.5 Å². The first-order chi connectivity index (χ1) is 14.2. The summed E-state index contributed by atoms with van der Waals surface area (Å²) in [5.41, 5.74) is 1.44. The molecule has 1 amide bonds. The Kier molecular flexibility index (Phi) is 5.26. The maximum Gasteiger partial charge on any atom is 0.262 e. The van der Waals surface area contributed by atoms with Gasteiger partial charge in [0.15, 0.2) is 16.5 Å². The van der Waals surface area contributed by atoms with Crippen LogP contribution in [0.25, 0.3) is 11.0 Å². The number of fused-ring (bicyclic) bond motifs is 1. The molecule has 1 N–H and O–H groups in total. The van der Waals surface area contributed by atoms with Crippen molar-refractivity contribution < 1.29 is 18.7 Å². The van der Waals surface area contributed by atoms with Crippen LogP contribution >= 0.6 is 11.3 Å². The van der Waals surface area contributed by atoms with Crippen LogP contribution in [0.2, 0.25) is 0 Å². The van der Waals surface area contributed by atoms with Crippen molar-refractivity contribution in [2.75, 3.05) is 19.5 Å². The third kappa shape index (κ3) is 3.83. The van der Waals surface area contributed by atoms with E-state index in [2.05, 4.69) is 15.3 Å². The van der Waals surface area contributed by atoms with Crippen molar-refractivity contribution in [3.05, 3.63) is 71.2 Å². The van der Waals surface area contributed by atoms with Gasteiger partial charge in [-0.2, -0.15) is 0 Å². The fraction of sp³-hybridized carbons (Fsp3) is 0.0952. The lowest BCUT2D eigenvalue weighted by Crippen LogP contribution is -2.21. The number of nitrogens with one attached hydrogen (secondary N) is 1. The van der Waals surface area contributed by atoms with Crippen LogP contribution < -0.4 is 20.3 Å². The maximum absolute atomic E-state index is 12.9. The predicted molar refractivity (Wildman–Crippen MR) is 111 cm³/mol. The molecule has 0 atom stereocenters. The van der Waals surface area contributed by atoms with Gasteiger partial charge in [0.25, 0.3) is 5.91 Å². The van der Waals surface area contributed by atoms with Gasteiger partial charge in [-0.25, -0.2) is 9.98 Å². The fourth-order valence-corrected chi connectivity index (χ4v) is 3.34. The number of carbonyl (C=O) groups is 1. The molecule has 0 bridgehead atoms. The molecule has 0 fully saturated rings. The van der Waals surface area contributed by atoms with Crippen molar-refractivity contribution in [2.24, 2.45) is 4.99 Å². The number of hydrogen-bond acceptors (Lipinski definition) is 7. The molecule has 146 valence electrons. The Morgan fingerprint density at radius 2 is 1.90 bits per heavy atom. The molecule has 0 spiro atoms. The Balaban J connectivity index is 1.94. The van der Waals surface area contributed by atoms with Gasteiger partial charge in [-0.15, -0.1) is 11.3 Å². The zero-order valence-electron chi connectivity index (χ0n) is 15.7. The number of methoxy groups -OCH3 is 2. The number of ether oxygens (including phenoxy) is 2. The average Bonchev–Trinajstić information content (AvgIpc) is 3.26. The van der Waals surface area contributed by atoms with Crippen LogP contribution in [0.4, 0.5) is 10.8 Å². The molecular formula is C21H17N3O4S. The van der Waals surface area contributed by atoms with E-state index in [1.807, 2.05) is 24.3 Å². The van der Waals surface area contributed by atoms with Crippen LogP contribution in [0.3, 0.4) is 0 Å². The number of thiazole rings is 1. The predicted octanol–water partition coefficient (Wildman–Crippen LogP) is 4.39. The molecule has 4 aromatic rings. The molecule has 0 aliphatic carbocycles. The van der Waals surface area contributed by atoms with Crippen LogP contribution in [0.1, 0.15) is 10.4 Å². The highest BCUT2D eigenvalue weighted by atomic mass is 32.1. The Morgan fingerprint density at radius 1 is 1.10 bits per heavy atom. The number of nitrogens with zero attached hydrogens (tertiary/aromatic N) is 2. The number of amides is 1. The van der Waals surface area contributed by atoms with Gasteiger partial charge in [-0.3, -0.25) is 10.1 Å². The van der Waals surface area contributed by atoms with Gasteiger partial charge in [0.1, 0.15) is 17.0 Å². The largest absolute Gasteiger partial charge is 0.494 e. The average molecular weight is 407 g/mol. The van der Waals surface area contributed by atoms with Crippen molar-refractivity contribution in [1.82, 2.24) is 4.98 Å². The second kappa shape index (κ2) is 8.15. The first-order valence-electron chi connectivity index (χ1n) is 8.69. The van der Waals surface area contributed by atoms with Crippen molar-refractivity contribution in [1.29, 1.82) is 0 Å². The highest BCUT2D eigenvalue weighted by Crippen LogP contribution is 2.28. The van der Waals surface area contributed by atoms with Gasteiger partial charge in [0.05, 0.1) is 14.2 Å². The van der Waals surface area contributed by atoms with Gasteiger partial charge >= 0.3 is 0 Å². The molecule has 2 aromatic heterocycles. The van der Waals surface area contributed by atoms with Crippen LogP contribution in [0, 0.1) is 0 Å². The van der Waals surface area contributed by atoms with E-state index in [0.717, 1.165) is 0 Å². The van der Waals surface area contributed by atoms with Crippen LogP contribution in [0.15, 0.2) is 69.5 Å². The summed E-state index contributed by atoms with van der Waals surface area (Å²) in [6, 6.07) is 14.4. The number of benzene rings is 2. The molecule has 0 radical (unpaired) electrons. The summed E-state index contributed by atoms with van der Waals surface area (Å²) >= 11 is 1.33. The minimum absolute atomic E-state index is 0.139. The van der Waals surface area contributed by atoms with Gasteiger partial charge in [-0.1, -0.05) is 24.3 Å². The lowest BCUT2D eigenvalue weighted by molar-refractivity contribution is 0.102. The summed E-state index contributed by atoms with van der Waals surface area (Å²) in [6.45, 7) is 0. The molecule has 0 saturated heterocycles. The Bertz CT molecular complexity index is 1230. The first kappa shape index (κ1) is 18.7. The van der Waals surface area contributed by atoms with Gasteiger partial charge < -0.3 is 13.9 Å². The zero-order chi connectivity index (χ0) is 20.2. The number of rotatable bonds is 5. The summed E-state index contributed by atoms with van der Waals surface area (Å²) in [7, 11) is 3.12. The Morgan fingerprint density at radius 3 is 2.66 bits per heavy atom. The molecule has 0 aliphatic heterocycles. The van der Waals surface area contributed by atoms with E-state index in [4.69, 9.17) is 13.9 Å². The number of carbonyl (C=O) groups excluding carboxylic acids is 1. The first-order valence-corrected chi connectivity index (χ1v) is 9.57. The summed E-state index contributed by atoms with van der Waals surface area (Å²) in [4.78, 5) is 21.6. The Hall–Kier alpha value is -3.65. The fourth-order valence-electron chi connectivity index (χ4n) is 2.81. The van der Waals surface area contributed by atoms with Crippen LogP contribution in [-0.4, -0.2) is 25.1 Å². The smallest absolute Gasteiger partial charge is 0.262 e. The molecule has 0 aliphatic rings. The minimum atomic E-state index is -0.373. The molecule has 2 aromatic carbocycles. The van der Waals surface area contributed by atoms with Gasteiger partial charge in [0, 0.05) is 17.0 Å². The molecule has 0 saturated carbocycles. The molecule has 4 rings (SSSR count). The standard InChI is InChI=1S/C21H17N3O4S/c1-26-16-8-4-3-7-15(16)23-20-14(19(25)24-21-22-10-11-29-21)12-13-6-5-9-17(27-2)18(13)28-20/h3-12H,1-2H3,(H,22,24,25). The van der Waals surface area contributed by atoms with E-state index >= 15 is 0 Å². The molecule has 2 heterocycles. The molecule has 29 heavy (non-hydrogen) atoms. The zero-order valence-corrected chi connectivity index (χ0v) is 16.5. The summed E-state index contributed by atoms with van der Waals surface area (Å²) in [6.07, 6.45) is 1.62. The van der Waals surface area contributed by atoms with Gasteiger partial charge in [-0.05, 0) is 24.3 Å². The SMILES string of the molecule is COc1ccccc1N=c1oc2c(OC)cccc2cc1C(=O)Nc1nccs1. The second-order valence-electron chi connectivity index (χ2n) is 5.92. The van der Waals surface area contributed by atoms with E-state index in [0.29, 0.717) is 33.3 Å². The van der Waals surface area contributed by atoms with E-state index in [-0.39, 0.29) is 17.0 Å². The van der Waals surface area contributed by atoms with Crippen LogP contribution in [-0.2, 0) is 0 Å². The number of anilines is 1. The third-order valence-corrected chi connectivity index (χ3v) is 4.85. The monoisotopic (exact) mass is 407 g/mol. The highest BCUT2D eigenvalue weighted by Gasteiger charge is 2.16. The van der Waals surface area contributed by atoms with E-state index in [9.17, 15) is 4.79 Å². The molecule has 0 unspecified atom stereocenters. The third-order valence-electron chi connectivity index (χ3n) is 4.16. The van der Waals surface area contributed by atoms with E-state index in [1.165, 1.54) is 11.3 Å². The Labute approximate surface area is 170 Å². The summed E-state index contributed by atoms with van der Waals surface area (Å²) in [5.74, 6) is 0.738. The van der Waals surface area contributed by atoms with Crippen molar-refractivity contribution in [3.63, 3.8) is 0 Å². The van der Waals surface area contributed by atoms with Crippen molar-refractivity contribution in [2.45, 2.75) is 0 Å². The van der Waals surface area contributed by atoms with Gasteiger partial charge in [0.2, 0.25) is 5.55 Å². The molecule has 7 nitrogen and oxygen atoms in total. The quantitative estimate of drug-likeness (QED) is 0.530. The minimum Gasteiger partial charge on any atom is -0.494 e.